The average molecular weight is 427 g/mol. The highest BCUT2D eigenvalue weighted by molar-refractivity contribution is 6.34. The van der Waals surface area contributed by atoms with Crippen molar-refractivity contribution in [2.45, 2.75) is 24.2 Å². The van der Waals surface area contributed by atoms with E-state index in [0.717, 1.165) is 24.3 Å². The standard InChI is InChI=1S/C17H10Cl2F6N2/c18-10-4-9(5-11(19)6-10)15(17(23,24)25)7-13(26-8-15)12-2-1-3-14(27-12)16(20,21)22/h1-6H,7-8H2. The van der Waals surface area contributed by atoms with Crippen LogP contribution in [0.3, 0.4) is 0 Å². The van der Waals surface area contributed by atoms with Crippen LogP contribution >= 0.6 is 23.2 Å². The first-order valence-corrected chi connectivity index (χ1v) is 8.29. The summed E-state index contributed by atoms with van der Waals surface area (Å²) < 4.78 is 80.4. The van der Waals surface area contributed by atoms with Crippen molar-refractivity contribution in [1.82, 2.24) is 4.98 Å². The van der Waals surface area contributed by atoms with Crippen molar-refractivity contribution < 1.29 is 26.3 Å². The first kappa shape index (κ1) is 19.9. The van der Waals surface area contributed by atoms with Gasteiger partial charge in [-0.2, -0.15) is 26.3 Å². The molecule has 0 bridgehead atoms. The quantitative estimate of drug-likeness (QED) is 0.532. The van der Waals surface area contributed by atoms with Crippen LogP contribution in [0.25, 0.3) is 0 Å². The Kier molecular flexibility index (Phi) is 4.93. The average Bonchev–Trinajstić information content (AvgIpc) is 3.00. The van der Waals surface area contributed by atoms with E-state index in [-0.39, 0.29) is 27.0 Å². The molecule has 0 radical (unpaired) electrons. The van der Waals surface area contributed by atoms with Crippen molar-refractivity contribution in [2.24, 2.45) is 4.99 Å². The fraction of sp³-hybridized carbons (Fsp3) is 0.294. The monoisotopic (exact) mass is 426 g/mol. The molecule has 2 nitrogen and oxygen atoms in total. The Bertz CT molecular complexity index is 887. The smallest absolute Gasteiger partial charge is 0.286 e. The van der Waals surface area contributed by atoms with Crippen LogP contribution < -0.4 is 0 Å². The molecule has 1 aromatic heterocycles. The first-order chi connectivity index (χ1) is 12.4. The van der Waals surface area contributed by atoms with Crippen molar-refractivity contribution in [3.63, 3.8) is 0 Å². The second-order valence-corrected chi connectivity index (χ2v) is 6.96. The highest BCUT2D eigenvalue weighted by atomic mass is 35.5. The van der Waals surface area contributed by atoms with Gasteiger partial charge in [-0.05, 0) is 35.9 Å². The number of hydrogen-bond donors (Lipinski definition) is 0. The summed E-state index contributed by atoms with van der Waals surface area (Å²) >= 11 is 11.7. The topological polar surface area (TPSA) is 25.2 Å². The molecule has 2 heterocycles. The number of aliphatic imine (C=N–C) groups is 1. The summed E-state index contributed by atoms with van der Waals surface area (Å²) in [4.78, 5) is 7.29. The highest BCUT2D eigenvalue weighted by Gasteiger charge is 2.58. The van der Waals surface area contributed by atoms with Crippen molar-refractivity contribution >= 4 is 28.9 Å². The van der Waals surface area contributed by atoms with Crippen LogP contribution in [0.1, 0.15) is 23.4 Å². The molecule has 0 saturated heterocycles. The molecule has 144 valence electrons. The van der Waals surface area contributed by atoms with Gasteiger partial charge >= 0.3 is 12.4 Å². The van der Waals surface area contributed by atoms with Crippen LogP contribution in [0.15, 0.2) is 41.4 Å². The van der Waals surface area contributed by atoms with E-state index in [4.69, 9.17) is 23.2 Å². The summed E-state index contributed by atoms with van der Waals surface area (Å²) in [6.07, 6.45) is -10.1. The molecule has 1 aliphatic heterocycles. The van der Waals surface area contributed by atoms with Crippen molar-refractivity contribution in [3.8, 4) is 0 Å². The molecule has 10 heteroatoms. The zero-order valence-electron chi connectivity index (χ0n) is 13.3. The largest absolute Gasteiger partial charge is 0.433 e. The second-order valence-electron chi connectivity index (χ2n) is 6.08. The lowest BCUT2D eigenvalue weighted by molar-refractivity contribution is -0.183. The molecule has 0 fully saturated rings. The lowest BCUT2D eigenvalue weighted by Gasteiger charge is -2.31. The van der Waals surface area contributed by atoms with Gasteiger partial charge in [0.25, 0.3) is 0 Å². The predicted octanol–water partition coefficient (Wildman–Crippen LogP) is 6.10. The number of nitrogens with zero attached hydrogens (tertiary/aromatic N) is 2. The third kappa shape index (κ3) is 3.78. The lowest BCUT2D eigenvalue weighted by atomic mass is 9.77. The second kappa shape index (κ2) is 6.67. The number of alkyl halides is 6. The minimum absolute atomic E-state index is 0.0202. The van der Waals surface area contributed by atoms with Crippen LogP contribution in [0.4, 0.5) is 26.3 Å². The molecule has 0 saturated carbocycles. The minimum Gasteiger partial charge on any atom is -0.286 e. The van der Waals surface area contributed by atoms with E-state index in [2.05, 4.69) is 9.98 Å². The normalized spacial score (nSPS) is 20.7. The third-order valence-electron chi connectivity index (χ3n) is 4.30. The van der Waals surface area contributed by atoms with E-state index in [1.54, 1.807) is 0 Å². The number of halogens is 8. The predicted molar refractivity (Wildman–Crippen MR) is 89.5 cm³/mol. The summed E-state index contributed by atoms with van der Waals surface area (Å²) in [5.41, 5.74) is -4.23. The Morgan fingerprint density at radius 3 is 2.11 bits per heavy atom. The van der Waals surface area contributed by atoms with Crippen molar-refractivity contribution in [3.05, 3.63) is 63.4 Å². The molecule has 1 aliphatic rings. The van der Waals surface area contributed by atoms with Gasteiger partial charge in [0.2, 0.25) is 0 Å². The Morgan fingerprint density at radius 1 is 0.926 bits per heavy atom. The molecule has 1 aromatic carbocycles. The summed E-state index contributed by atoms with van der Waals surface area (Å²) in [6.45, 7) is -0.694. The van der Waals surface area contributed by atoms with Gasteiger partial charge in [-0.15, -0.1) is 0 Å². The number of rotatable bonds is 2. The van der Waals surface area contributed by atoms with Crippen LogP contribution in [-0.4, -0.2) is 23.4 Å². The molecule has 1 atom stereocenters. The molecule has 27 heavy (non-hydrogen) atoms. The summed E-state index contributed by atoms with van der Waals surface area (Å²) in [7, 11) is 0. The van der Waals surface area contributed by atoms with Gasteiger partial charge in [-0.3, -0.25) is 4.99 Å². The fourth-order valence-corrected chi connectivity index (χ4v) is 3.46. The van der Waals surface area contributed by atoms with E-state index >= 15 is 0 Å². The molecule has 0 amide bonds. The van der Waals surface area contributed by atoms with Gasteiger partial charge in [0.05, 0.1) is 18.0 Å². The highest BCUT2D eigenvalue weighted by Crippen LogP contribution is 2.48. The zero-order valence-corrected chi connectivity index (χ0v) is 14.8. The van der Waals surface area contributed by atoms with Crippen LogP contribution in [-0.2, 0) is 11.6 Å². The van der Waals surface area contributed by atoms with Gasteiger partial charge in [-0.1, -0.05) is 29.3 Å². The van der Waals surface area contributed by atoms with Gasteiger partial charge in [0, 0.05) is 16.5 Å². The molecular weight excluding hydrogens is 417 g/mol. The molecule has 3 rings (SSSR count). The Balaban J connectivity index is 2.03. The van der Waals surface area contributed by atoms with Crippen LogP contribution in [0.2, 0.25) is 10.0 Å². The van der Waals surface area contributed by atoms with Crippen LogP contribution in [0.5, 0.6) is 0 Å². The van der Waals surface area contributed by atoms with E-state index < -0.39 is 36.4 Å². The Hall–Kier alpha value is -1.80. The maximum atomic E-state index is 14.0. The maximum Gasteiger partial charge on any atom is 0.433 e. The summed E-state index contributed by atoms with van der Waals surface area (Å²) in [5.74, 6) is 0. The molecule has 2 aromatic rings. The molecule has 0 spiro atoms. The number of benzene rings is 1. The number of pyridine rings is 1. The van der Waals surface area contributed by atoms with Gasteiger partial charge in [-0.25, -0.2) is 4.98 Å². The molecule has 0 N–H and O–H groups in total. The molecule has 1 unspecified atom stereocenters. The van der Waals surface area contributed by atoms with E-state index in [9.17, 15) is 26.3 Å². The maximum absolute atomic E-state index is 14.0. The van der Waals surface area contributed by atoms with Crippen molar-refractivity contribution in [1.29, 1.82) is 0 Å². The first-order valence-electron chi connectivity index (χ1n) is 7.54. The minimum atomic E-state index is -4.73. The number of hydrogen-bond acceptors (Lipinski definition) is 2. The van der Waals surface area contributed by atoms with Gasteiger partial charge in [0.15, 0.2) is 0 Å². The number of aromatic nitrogens is 1. The zero-order chi connectivity index (χ0) is 20.0. The summed E-state index contributed by atoms with van der Waals surface area (Å²) in [6, 6.07) is 6.59. The Morgan fingerprint density at radius 2 is 1.56 bits per heavy atom. The van der Waals surface area contributed by atoms with Crippen LogP contribution in [0, 0.1) is 0 Å². The van der Waals surface area contributed by atoms with Gasteiger partial charge in [0.1, 0.15) is 11.1 Å². The lowest BCUT2D eigenvalue weighted by Crippen LogP contribution is -2.43. The van der Waals surface area contributed by atoms with E-state index in [0.29, 0.717) is 0 Å². The van der Waals surface area contributed by atoms with E-state index in [1.807, 2.05) is 0 Å². The summed E-state index contributed by atoms with van der Waals surface area (Å²) in [5, 5.41) is 0.0403. The SMILES string of the molecule is FC(F)(F)c1cccc(C2=NCC(c3cc(Cl)cc(Cl)c3)(C(F)(F)F)C2)n1. The third-order valence-corrected chi connectivity index (χ3v) is 4.74. The Labute approximate surface area is 159 Å². The van der Waals surface area contributed by atoms with Crippen molar-refractivity contribution in [2.75, 3.05) is 6.54 Å². The molecule has 0 aliphatic carbocycles. The van der Waals surface area contributed by atoms with E-state index in [1.165, 1.54) is 12.1 Å². The fourth-order valence-electron chi connectivity index (χ4n) is 2.93. The van der Waals surface area contributed by atoms with Gasteiger partial charge < -0.3 is 0 Å². The molecular formula is C17H10Cl2F6N2.